The molecule has 0 aliphatic heterocycles. The van der Waals surface area contributed by atoms with Gasteiger partial charge in [0.1, 0.15) is 0 Å². The van der Waals surface area contributed by atoms with Gasteiger partial charge in [0, 0.05) is 31.7 Å². The van der Waals surface area contributed by atoms with Crippen LogP contribution in [0.4, 0.5) is 0 Å². The van der Waals surface area contributed by atoms with Crippen LogP contribution in [0.25, 0.3) is 0 Å². The van der Waals surface area contributed by atoms with Crippen molar-refractivity contribution >= 4 is 29.9 Å². The normalized spacial score (nSPS) is 14.0. The number of nitrogens with zero attached hydrogens (tertiary/aromatic N) is 2. The quantitative estimate of drug-likeness (QED) is 0.156. The number of hydrogen-bond acceptors (Lipinski definition) is 4. The van der Waals surface area contributed by atoms with Crippen LogP contribution in [0.2, 0.25) is 0 Å². The van der Waals surface area contributed by atoms with Crippen LogP contribution in [-0.4, -0.2) is 66.9 Å². The zero-order valence-electron chi connectivity index (χ0n) is 19.6. The van der Waals surface area contributed by atoms with E-state index in [2.05, 4.69) is 48.2 Å². The molecule has 1 aromatic carbocycles. The molecule has 0 saturated carbocycles. The minimum Gasteiger partial charge on any atom is -0.389 e. The molecule has 0 heterocycles. The second-order valence-corrected chi connectivity index (χ2v) is 7.97. The summed E-state index contributed by atoms with van der Waals surface area (Å²) in [7, 11) is 0. The highest BCUT2D eigenvalue weighted by Crippen LogP contribution is 2.15. The molecule has 7 heteroatoms. The fourth-order valence-electron chi connectivity index (χ4n) is 3.25. The molecule has 174 valence electrons. The van der Waals surface area contributed by atoms with Gasteiger partial charge >= 0.3 is 0 Å². The lowest BCUT2D eigenvalue weighted by atomic mass is 10.1. The monoisotopic (exact) mass is 534 g/mol. The van der Waals surface area contributed by atoms with E-state index >= 15 is 0 Å². The number of ether oxygens (including phenoxy) is 1. The standard InChI is InChI=1S/C23H42N4O2.HI/c1-7-24-23(25-14-11-15-27(18(2)3)19(4)5)26-16-22(28)17-29-20(6)21-12-9-8-10-13-21;/h8-10,12-13,18-20,22,28H,7,11,14-17H2,1-6H3,(H2,24,25,26);1H. The number of rotatable bonds is 13. The molecule has 0 spiro atoms. The number of nitrogens with one attached hydrogen (secondary N) is 2. The molecule has 0 bridgehead atoms. The van der Waals surface area contributed by atoms with Crippen LogP contribution in [0.15, 0.2) is 35.3 Å². The highest BCUT2D eigenvalue weighted by Gasteiger charge is 2.13. The maximum Gasteiger partial charge on any atom is 0.191 e. The Morgan fingerprint density at radius 1 is 1.07 bits per heavy atom. The number of aliphatic hydroxyl groups excluding tert-OH is 1. The van der Waals surface area contributed by atoms with Crippen LogP contribution in [0.5, 0.6) is 0 Å². The maximum atomic E-state index is 10.2. The van der Waals surface area contributed by atoms with Gasteiger partial charge in [-0.2, -0.15) is 0 Å². The lowest BCUT2D eigenvalue weighted by Gasteiger charge is -2.30. The van der Waals surface area contributed by atoms with Crippen LogP contribution < -0.4 is 10.6 Å². The minimum atomic E-state index is -0.631. The van der Waals surface area contributed by atoms with Crippen molar-refractivity contribution in [2.24, 2.45) is 4.99 Å². The lowest BCUT2D eigenvalue weighted by molar-refractivity contribution is 0.00111. The summed E-state index contributed by atoms with van der Waals surface area (Å²) in [6.45, 7) is 16.2. The third-order valence-electron chi connectivity index (χ3n) is 4.82. The fraction of sp³-hybridized carbons (Fsp3) is 0.696. The van der Waals surface area contributed by atoms with Crippen molar-refractivity contribution in [1.82, 2.24) is 15.5 Å². The van der Waals surface area contributed by atoms with Crippen LogP contribution in [0.1, 0.15) is 59.6 Å². The summed E-state index contributed by atoms with van der Waals surface area (Å²) in [5.74, 6) is 0.739. The Kier molecular flexibility index (Phi) is 16.2. The molecule has 6 nitrogen and oxygen atoms in total. The van der Waals surface area contributed by atoms with E-state index in [0.29, 0.717) is 18.6 Å². The molecular formula is C23H43IN4O2. The number of aliphatic imine (C=N–C) groups is 1. The Hall–Kier alpha value is -0.900. The molecule has 0 fully saturated rings. The molecule has 2 atom stereocenters. The van der Waals surface area contributed by atoms with E-state index in [4.69, 9.17) is 4.74 Å². The number of benzene rings is 1. The van der Waals surface area contributed by atoms with Gasteiger partial charge in [-0.25, -0.2) is 0 Å². The molecule has 30 heavy (non-hydrogen) atoms. The Bertz CT molecular complexity index is 562. The molecule has 1 rings (SSSR count). The summed E-state index contributed by atoms with van der Waals surface area (Å²) in [6, 6.07) is 11.1. The first-order valence-electron chi connectivity index (χ1n) is 11.0. The molecule has 0 aliphatic rings. The summed E-state index contributed by atoms with van der Waals surface area (Å²) in [5.41, 5.74) is 1.11. The van der Waals surface area contributed by atoms with Crippen molar-refractivity contribution in [3.05, 3.63) is 35.9 Å². The average molecular weight is 535 g/mol. The molecule has 2 unspecified atom stereocenters. The summed E-state index contributed by atoms with van der Waals surface area (Å²) in [6.07, 6.45) is 0.362. The Morgan fingerprint density at radius 2 is 1.70 bits per heavy atom. The van der Waals surface area contributed by atoms with Gasteiger partial charge in [0.25, 0.3) is 0 Å². The Balaban J connectivity index is 0.00000841. The lowest BCUT2D eigenvalue weighted by Crippen LogP contribution is -2.41. The topological polar surface area (TPSA) is 69.1 Å². The third-order valence-corrected chi connectivity index (χ3v) is 4.82. The molecule has 3 N–H and O–H groups in total. The average Bonchev–Trinajstić information content (AvgIpc) is 2.69. The summed E-state index contributed by atoms with van der Waals surface area (Å²) < 4.78 is 5.79. The molecule has 0 radical (unpaired) electrons. The first-order chi connectivity index (χ1) is 13.8. The van der Waals surface area contributed by atoms with Crippen LogP contribution >= 0.6 is 24.0 Å². The fourth-order valence-corrected chi connectivity index (χ4v) is 3.25. The van der Waals surface area contributed by atoms with Crippen molar-refractivity contribution in [2.45, 2.75) is 72.3 Å². The van der Waals surface area contributed by atoms with Gasteiger partial charge in [-0.05, 0) is 53.5 Å². The largest absolute Gasteiger partial charge is 0.389 e. The second-order valence-electron chi connectivity index (χ2n) is 7.97. The van der Waals surface area contributed by atoms with Crippen LogP contribution in [0, 0.1) is 0 Å². The minimum absolute atomic E-state index is 0. The van der Waals surface area contributed by atoms with Gasteiger partial charge in [0.05, 0.1) is 25.4 Å². The van der Waals surface area contributed by atoms with Crippen molar-refractivity contribution in [1.29, 1.82) is 0 Å². The summed E-state index contributed by atoms with van der Waals surface area (Å²) >= 11 is 0. The molecule has 0 aromatic heterocycles. The second kappa shape index (κ2) is 16.8. The van der Waals surface area contributed by atoms with E-state index in [1.807, 2.05) is 44.2 Å². The number of hydrogen-bond donors (Lipinski definition) is 3. The van der Waals surface area contributed by atoms with E-state index in [0.717, 1.165) is 37.6 Å². The van der Waals surface area contributed by atoms with Gasteiger partial charge in [0.2, 0.25) is 0 Å². The molecule has 1 aromatic rings. The first kappa shape index (κ1) is 29.1. The number of guanidine groups is 1. The Morgan fingerprint density at radius 3 is 2.27 bits per heavy atom. The zero-order valence-corrected chi connectivity index (χ0v) is 21.9. The molecule has 0 amide bonds. The molecule has 0 aliphatic carbocycles. The highest BCUT2D eigenvalue weighted by atomic mass is 127. The molecular weight excluding hydrogens is 491 g/mol. The predicted molar refractivity (Wildman–Crippen MR) is 138 cm³/mol. The number of aliphatic hydroxyl groups is 1. The Labute approximate surface area is 200 Å². The smallest absolute Gasteiger partial charge is 0.191 e. The van der Waals surface area contributed by atoms with Gasteiger partial charge in [-0.15, -0.1) is 24.0 Å². The van der Waals surface area contributed by atoms with Crippen LogP contribution in [-0.2, 0) is 4.74 Å². The maximum absolute atomic E-state index is 10.2. The molecule has 0 saturated heterocycles. The van der Waals surface area contributed by atoms with Gasteiger partial charge < -0.3 is 20.5 Å². The van der Waals surface area contributed by atoms with Gasteiger partial charge in [-0.3, -0.25) is 9.89 Å². The van der Waals surface area contributed by atoms with E-state index in [1.54, 1.807) is 0 Å². The van der Waals surface area contributed by atoms with Crippen molar-refractivity contribution in [3.8, 4) is 0 Å². The van der Waals surface area contributed by atoms with Crippen molar-refractivity contribution < 1.29 is 9.84 Å². The van der Waals surface area contributed by atoms with E-state index in [9.17, 15) is 5.11 Å². The SMILES string of the molecule is CCNC(=NCC(O)COC(C)c1ccccc1)NCCCN(C(C)C)C(C)C.I. The predicted octanol–water partition coefficient (Wildman–Crippen LogP) is 3.81. The van der Waals surface area contributed by atoms with E-state index < -0.39 is 6.10 Å². The van der Waals surface area contributed by atoms with Crippen molar-refractivity contribution in [2.75, 3.05) is 32.8 Å². The van der Waals surface area contributed by atoms with Crippen molar-refractivity contribution in [3.63, 3.8) is 0 Å². The summed E-state index contributed by atoms with van der Waals surface area (Å²) in [4.78, 5) is 6.99. The number of halogens is 1. The van der Waals surface area contributed by atoms with Gasteiger partial charge in [-0.1, -0.05) is 30.3 Å². The zero-order chi connectivity index (χ0) is 21.6. The van der Waals surface area contributed by atoms with Crippen LogP contribution in [0.3, 0.4) is 0 Å². The summed E-state index contributed by atoms with van der Waals surface area (Å²) in [5, 5.41) is 16.8. The van der Waals surface area contributed by atoms with Gasteiger partial charge in [0.15, 0.2) is 5.96 Å². The van der Waals surface area contributed by atoms with E-state index in [1.165, 1.54) is 0 Å². The highest BCUT2D eigenvalue weighted by molar-refractivity contribution is 14.0. The third kappa shape index (κ3) is 12.1. The van der Waals surface area contributed by atoms with E-state index in [-0.39, 0.29) is 36.7 Å². The first-order valence-corrected chi connectivity index (χ1v) is 11.0.